The molecule has 2 saturated heterocycles. The number of hydrogen-bond donors (Lipinski definition) is 0. The fourth-order valence-corrected chi connectivity index (χ4v) is 6.47. The summed E-state index contributed by atoms with van der Waals surface area (Å²) in [5, 5.41) is 0. The molecular formula is C15H30N2Si. The first kappa shape index (κ1) is 14.3. The molecule has 2 aliphatic heterocycles. The summed E-state index contributed by atoms with van der Waals surface area (Å²) in [4.78, 5) is 5.42. The Morgan fingerprint density at radius 3 is 1.56 bits per heavy atom. The minimum absolute atomic E-state index is 1.28. The van der Waals surface area contributed by atoms with Gasteiger partial charge in [-0.1, -0.05) is 25.1 Å². The van der Waals surface area contributed by atoms with Crippen molar-refractivity contribution in [2.24, 2.45) is 0 Å². The number of likely N-dealkylation sites (tertiary alicyclic amines) is 2. The van der Waals surface area contributed by atoms with Gasteiger partial charge in [0.1, 0.15) is 8.07 Å². The van der Waals surface area contributed by atoms with Gasteiger partial charge in [-0.3, -0.25) is 0 Å². The lowest BCUT2D eigenvalue weighted by Gasteiger charge is -2.38. The van der Waals surface area contributed by atoms with E-state index in [2.05, 4.69) is 28.6 Å². The first-order valence-electron chi connectivity index (χ1n) is 7.80. The predicted octanol–water partition coefficient (Wildman–Crippen LogP) is 2.84. The van der Waals surface area contributed by atoms with Gasteiger partial charge in [0, 0.05) is 0 Å². The second kappa shape index (κ2) is 6.87. The monoisotopic (exact) mass is 266 g/mol. The third-order valence-corrected chi connectivity index (χ3v) is 7.88. The van der Waals surface area contributed by atoms with E-state index < -0.39 is 8.07 Å². The summed E-state index contributed by atoms with van der Waals surface area (Å²) >= 11 is 0. The maximum absolute atomic E-state index is 4.17. The maximum Gasteiger partial charge on any atom is 0.103 e. The molecule has 2 aliphatic rings. The molecule has 0 aromatic rings. The summed E-state index contributed by atoms with van der Waals surface area (Å²) in [5.74, 6) is 0. The van der Waals surface area contributed by atoms with E-state index in [1.165, 1.54) is 77.0 Å². The first-order valence-corrected chi connectivity index (χ1v) is 10.8. The van der Waals surface area contributed by atoms with E-state index in [0.29, 0.717) is 0 Å². The second-order valence-corrected chi connectivity index (χ2v) is 10.9. The zero-order chi connectivity index (χ0) is 12.8. The van der Waals surface area contributed by atoms with Crippen molar-refractivity contribution in [1.82, 2.24) is 9.80 Å². The van der Waals surface area contributed by atoms with Crippen molar-refractivity contribution in [2.75, 3.05) is 38.5 Å². The third-order valence-electron chi connectivity index (χ3n) is 4.56. The van der Waals surface area contributed by atoms with Crippen molar-refractivity contribution < 1.29 is 0 Å². The quantitative estimate of drug-likeness (QED) is 0.706. The molecule has 2 fully saturated rings. The Labute approximate surface area is 114 Å². The lowest BCUT2D eigenvalue weighted by molar-refractivity contribution is 0.242. The molecule has 0 atom stereocenters. The van der Waals surface area contributed by atoms with Crippen molar-refractivity contribution in [1.29, 1.82) is 0 Å². The fraction of sp³-hybridized carbons (Fsp3) is 0.867. The Balaban J connectivity index is 1.85. The van der Waals surface area contributed by atoms with E-state index in [4.69, 9.17) is 0 Å². The van der Waals surface area contributed by atoms with Crippen LogP contribution in [-0.4, -0.2) is 56.4 Å². The second-order valence-electron chi connectivity index (χ2n) is 6.53. The Morgan fingerprint density at radius 2 is 1.22 bits per heavy atom. The molecule has 0 bridgehead atoms. The van der Waals surface area contributed by atoms with E-state index >= 15 is 0 Å². The van der Waals surface area contributed by atoms with Crippen LogP contribution in [0.1, 0.15) is 38.5 Å². The van der Waals surface area contributed by atoms with Crippen LogP contribution in [0.3, 0.4) is 0 Å². The first-order chi connectivity index (χ1) is 8.72. The van der Waals surface area contributed by atoms with Crippen LogP contribution in [0, 0.1) is 0 Å². The zero-order valence-electron chi connectivity index (χ0n) is 12.2. The molecule has 104 valence electrons. The molecule has 0 unspecified atom stereocenters. The average molecular weight is 267 g/mol. The molecule has 2 heterocycles. The Bertz CT molecular complexity index is 235. The third kappa shape index (κ3) is 4.21. The molecular weight excluding hydrogens is 236 g/mol. The molecule has 0 N–H and O–H groups in total. The molecule has 18 heavy (non-hydrogen) atoms. The van der Waals surface area contributed by atoms with Gasteiger partial charge in [0.15, 0.2) is 0 Å². The smallest absolute Gasteiger partial charge is 0.103 e. The summed E-state index contributed by atoms with van der Waals surface area (Å²) in [5.41, 5.74) is 2.34. The molecule has 2 rings (SSSR count). The van der Waals surface area contributed by atoms with Gasteiger partial charge < -0.3 is 9.80 Å². The minimum Gasteiger partial charge on any atom is -0.306 e. The van der Waals surface area contributed by atoms with Gasteiger partial charge >= 0.3 is 0 Å². The normalized spacial score (nSPS) is 24.1. The summed E-state index contributed by atoms with van der Waals surface area (Å²) in [7, 11) is -1.28. The summed E-state index contributed by atoms with van der Waals surface area (Å²) in [6.07, 6.45) is 11.2. The van der Waals surface area contributed by atoms with Crippen molar-refractivity contribution >= 4 is 8.07 Å². The fourth-order valence-electron chi connectivity index (χ4n) is 3.44. The topological polar surface area (TPSA) is 6.48 Å². The van der Waals surface area contributed by atoms with Crippen LogP contribution >= 0.6 is 0 Å². The maximum atomic E-state index is 4.17. The van der Waals surface area contributed by atoms with Gasteiger partial charge in [-0.2, -0.15) is 0 Å². The van der Waals surface area contributed by atoms with E-state index in [1.807, 2.05) is 0 Å². The average Bonchev–Trinajstić information content (AvgIpc) is 2.41. The highest BCUT2D eigenvalue weighted by atomic mass is 28.3. The molecule has 0 saturated carbocycles. The van der Waals surface area contributed by atoms with Crippen LogP contribution in [0.4, 0.5) is 0 Å². The molecule has 2 nitrogen and oxygen atoms in total. The SMILES string of the molecule is C=C[Si](C)(CN1CCCCC1)CN1CCCCC1. The van der Waals surface area contributed by atoms with Crippen LogP contribution < -0.4 is 0 Å². The highest BCUT2D eigenvalue weighted by molar-refractivity contribution is 6.83. The standard InChI is InChI=1S/C15H30N2Si/c1-3-18(2,14-16-10-6-4-7-11-16)15-17-12-8-5-9-13-17/h3H,1,4-15H2,2H3. The zero-order valence-corrected chi connectivity index (χ0v) is 13.2. The van der Waals surface area contributed by atoms with E-state index in [0.717, 1.165) is 0 Å². The van der Waals surface area contributed by atoms with Crippen molar-refractivity contribution in [2.45, 2.75) is 45.1 Å². The molecule has 0 aliphatic carbocycles. The Kier molecular flexibility index (Phi) is 5.46. The van der Waals surface area contributed by atoms with Crippen LogP contribution in [0.15, 0.2) is 12.3 Å². The molecule has 0 radical (unpaired) electrons. The lowest BCUT2D eigenvalue weighted by Crippen LogP contribution is -2.53. The molecule has 3 heteroatoms. The van der Waals surface area contributed by atoms with Crippen LogP contribution in [0.2, 0.25) is 6.55 Å². The van der Waals surface area contributed by atoms with E-state index in [-0.39, 0.29) is 0 Å². The molecule has 0 aromatic carbocycles. The van der Waals surface area contributed by atoms with Crippen molar-refractivity contribution in [3.63, 3.8) is 0 Å². The Morgan fingerprint density at radius 1 is 0.833 bits per heavy atom. The highest BCUT2D eigenvalue weighted by Gasteiger charge is 2.29. The van der Waals surface area contributed by atoms with Crippen molar-refractivity contribution in [3.05, 3.63) is 12.3 Å². The highest BCUT2D eigenvalue weighted by Crippen LogP contribution is 2.17. The minimum atomic E-state index is -1.28. The van der Waals surface area contributed by atoms with Crippen LogP contribution in [0.25, 0.3) is 0 Å². The Hall–Kier alpha value is -0.123. The van der Waals surface area contributed by atoms with E-state index in [9.17, 15) is 0 Å². The molecule has 0 spiro atoms. The predicted molar refractivity (Wildman–Crippen MR) is 82.4 cm³/mol. The van der Waals surface area contributed by atoms with Gasteiger partial charge in [-0.05, 0) is 64.2 Å². The van der Waals surface area contributed by atoms with Gasteiger partial charge in [0.05, 0.1) is 0 Å². The number of rotatable bonds is 5. The largest absolute Gasteiger partial charge is 0.306 e. The number of nitrogens with zero attached hydrogens (tertiary/aromatic N) is 2. The molecule has 0 aromatic heterocycles. The van der Waals surface area contributed by atoms with Gasteiger partial charge in [-0.15, -0.1) is 6.58 Å². The summed E-state index contributed by atoms with van der Waals surface area (Å²) in [6.45, 7) is 12.0. The number of piperidine rings is 2. The number of hydrogen-bond acceptors (Lipinski definition) is 2. The summed E-state index contributed by atoms with van der Waals surface area (Å²) in [6, 6.07) is 0. The van der Waals surface area contributed by atoms with Gasteiger partial charge in [0.25, 0.3) is 0 Å². The van der Waals surface area contributed by atoms with Crippen LogP contribution in [0.5, 0.6) is 0 Å². The van der Waals surface area contributed by atoms with Crippen molar-refractivity contribution in [3.8, 4) is 0 Å². The van der Waals surface area contributed by atoms with E-state index in [1.54, 1.807) is 0 Å². The molecule has 0 amide bonds. The summed E-state index contributed by atoms with van der Waals surface area (Å²) < 4.78 is 0. The van der Waals surface area contributed by atoms with Crippen LogP contribution in [-0.2, 0) is 0 Å². The van der Waals surface area contributed by atoms with Gasteiger partial charge in [-0.25, -0.2) is 0 Å². The lowest BCUT2D eigenvalue weighted by atomic mass is 10.1. The van der Waals surface area contributed by atoms with Gasteiger partial charge in [0.2, 0.25) is 0 Å².